The van der Waals surface area contributed by atoms with Crippen molar-refractivity contribution in [1.29, 1.82) is 0 Å². The molecule has 2 amide bonds. The lowest BCUT2D eigenvalue weighted by Crippen LogP contribution is -2.56. The van der Waals surface area contributed by atoms with Gasteiger partial charge in [0.25, 0.3) is 0 Å². The van der Waals surface area contributed by atoms with Gasteiger partial charge < -0.3 is 9.80 Å². The third kappa shape index (κ3) is 3.09. The number of carbonyl (C=O) groups excluding carboxylic acids is 2. The third-order valence-corrected chi connectivity index (χ3v) is 6.15. The quantitative estimate of drug-likeness (QED) is 0.782. The van der Waals surface area contributed by atoms with Crippen LogP contribution in [0.3, 0.4) is 0 Å². The van der Waals surface area contributed by atoms with Gasteiger partial charge in [-0.25, -0.2) is 9.97 Å². The summed E-state index contributed by atoms with van der Waals surface area (Å²) < 4.78 is 0. The number of benzene rings is 1. The van der Waals surface area contributed by atoms with Crippen LogP contribution in [0.2, 0.25) is 0 Å². The molecule has 0 bridgehead atoms. The van der Waals surface area contributed by atoms with Crippen LogP contribution in [-0.4, -0.2) is 50.7 Å². The van der Waals surface area contributed by atoms with Crippen LogP contribution in [0, 0.1) is 11.8 Å². The van der Waals surface area contributed by atoms with Crippen molar-refractivity contribution >= 4 is 11.8 Å². The van der Waals surface area contributed by atoms with Crippen LogP contribution in [0.25, 0.3) is 11.1 Å². The molecule has 27 heavy (non-hydrogen) atoms. The lowest BCUT2D eigenvalue weighted by Gasteiger charge is -2.37. The van der Waals surface area contributed by atoms with E-state index in [2.05, 4.69) is 9.97 Å². The molecule has 5 rings (SSSR count). The van der Waals surface area contributed by atoms with E-state index in [1.807, 2.05) is 35.2 Å². The first-order valence-corrected chi connectivity index (χ1v) is 9.65. The summed E-state index contributed by atoms with van der Waals surface area (Å²) in [6.07, 6.45) is 7.01. The van der Waals surface area contributed by atoms with E-state index in [4.69, 9.17) is 0 Å². The van der Waals surface area contributed by atoms with E-state index >= 15 is 0 Å². The molecule has 2 atom stereocenters. The molecule has 2 aromatic rings. The highest BCUT2D eigenvalue weighted by atomic mass is 16.2. The van der Waals surface area contributed by atoms with Gasteiger partial charge in [-0.1, -0.05) is 30.3 Å². The molecule has 0 radical (unpaired) electrons. The van der Waals surface area contributed by atoms with Gasteiger partial charge in [0.2, 0.25) is 0 Å². The lowest BCUT2D eigenvalue weighted by atomic mass is 10.1. The first kappa shape index (κ1) is 16.4. The van der Waals surface area contributed by atoms with Gasteiger partial charge in [-0.15, -0.1) is 0 Å². The normalized spacial score (nSPS) is 27.0. The highest BCUT2D eigenvalue weighted by molar-refractivity contribution is 6.35. The minimum absolute atomic E-state index is 0.272. The molecular formula is C21H22N4O2. The highest BCUT2D eigenvalue weighted by Crippen LogP contribution is 2.53. The molecule has 6 heteroatoms. The van der Waals surface area contributed by atoms with Crippen molar-refractivity contribution in [3.63, 3.8) is 0 Å². The van der Waals surface area contributed by atoms with Crippen molar-refractivity contribution in [3.8, 4) is 11.1 Å². The molecule has 3 fully saturated rings. The van der Waals surface area contributed by atoms with Gasteiger partial charge in [-0.3, -0.25) is 9.59 Å². The summed E-state index contributed by atoms with van der Waals surface area (Å²) in [6, 6.07) is 10.2. The Kier molecular flexibility index (Phi) is 3.92. The number of hydrogen-bond acceptors (Lipinski definition) is 4. The van der Waals surface area contributed by atoms with Crippen LogP contribution in [0.15, 0.2) is 42.7 Å². The summed E-state index contributed by atoms with van der Waals surface area (Å²) in [5.41, 5.74) is 1.99. The van der Waals surface area contributed by atoms with E-state index < -0.39 is 5.91 Å². The van der Waals surface area contributed by atoms with E-state index in [1.165, 1.54) is 6.42 Å². The van der Waals surface area contributed by atoms with E-state index in [0.29, 0.717) is 18.9 Å². The molecule has 0 N–H and O–H groups in total. The predicted octanol–water partition coefficient (Wildman–Crippen LogP) is 2.11. The Morgan fingerprint density at radius 3 is 2.26 bits per heavy atom. The topological polar surface area (TPSA) is 66.4 Å². The fourth-order valence-electron chi connectivity index (χ4n) is 4.51. The lowest BCUT2D eigenvalue weighted by molar-refractivity contribution is -0.158. The second-order valence-corrected chi connectivity index (χ2v) is 7.86. The average Bonchev–Trinajstić information content (AvgIpc) is 3.32. The van der Waals surface area contributed by atoms with Crippen molar-refractivity contribution < 1.29 is 9.59 Å². The molecule has 3 aliphatic rings. The van der Waals surface area contributed by atoms with Crippen molar-refractivity contribution in [1.82, 2.24) is 19.8 Å². The zero-order valence-electron chi connectivity index (χ0n) is 15.1. The Labute approximate surface area is 158 Å². The largest absolute Gasteiger partial charge is 0.330 e. The van der Waals surface area contributed by atoms with Crippen molar-refractivity contribution in [2.75, 3.05) is 13.1 Å². The molecule has 2 saturated carbocycles. The number of nitrogens with zero attached hydrogens (tertiary/aromatic N) is 4. The summed E-state index contributed by atoms with van der Waals surface area (Å²) in [4.78, 5) is 37.3. The number of piperazine rings is 1. The second kappa shape index (κ2) is 6.44. The molecule has 2 heterocycles. The first-order valence-electron chi connectivity index (χ1n) is 9.65. The molecule has 2 aliphatic carbocycles. The minimum atomic E-state index is -0.419. The molecule has 2 unspecified atom stereocenters. The number of amides is 2. The summed E-state index contributed by atoms with van der Waals surface area (Å²) >= 11 is 0. The summed E-state index contributed by atoms with van der Waals surface area (Å²) in [5, 5.41) is 0. The van der Waals surface area contributed by atoms with Crippen molar-refractivity contribution in [2.24, 2.45) is 11.8 Å². The van der Waals surface area contributed by atoms with Gasteiger partial charge in [0, 0.05) is 37.1 Å². The van der Waals surface area contributed by atoms with Crippen LogP contribution in [0.5, 0.6) is 0 Å². The molecule has 1 aromatic heterocycles. The van der Waals surface area contributed by atoms with Crippen LogP contribution in [0.4, 0.5) is 0 Å². The fourth-order valence-corrected chi connectivity index (χ4v) is 4.51. The van der Waals surface area contributed by atoms with Gasteiger partial charge in [0.1, 0.15) is 5.82 Å². The van der Waals surface area contributed by atoms with E-state index in [1.54, 1.807) is 17.3 Å². The van der Waals surface area contributed by atoms with Crippen LogP contribution >= 0.6 is 0 Å². The molecular weight excluding hydrogens is 340 g/mol. The third-order valence-electron chi connectivity index (χ3n) is 6.15. The van der Waals surface area contributed by atoms with Gasteiger partial charge in [0.05, 0.1) is 6.54 Å². The number of hydrogen-bond donors (Lipinski definition) is 0. The molecule has 0 spiro atoms. The zero-order chi connectivity index (χ0) is 18.4. The van der Waals surface area contributed by atoms with Gasteiger partial charge in [-0.2, -0.15) is 0 Å². The van der Waals surface area contributed by atoms with Gasteiger partial charge in [0.15, 0.2) is 0 Å². The van der Waals surface area contributed by atoms with Crippen LogP contribution < -0.4 is 0 Å². The highest BCUT2D eigenvalue weighted by Gasteiger charge is 2.50. The summed E-state index contributed by atoms with van der Waals surface area (Å²) in [6.45, 7) is 1.46. The second-order valence-electron chi connectivity index (χ2n) is 7.86. The monoisotopic (exact) mass is 362 g/mol. The zero-order valence-corrected chi connectivity index (χ0v) is 15.1. The van der Waals surface area contributed by atoms with Crippen molar-refractivity contribution in [2.45, 2.75) is 31.8 Å². The van der Waals surface area contributed by atoms with Crippen molar-refractivity contribution in [3.05, 3.63) is 48.5 Å². The number of fused-ring (bicyclic) bond motifs is 1. The fraction of sp³-hybridized carbons (Fsp3) is 0.429. The maximum absolute atomic E-state index is 12.6. The average molecular weight is 362 g/mol. The maximum atomic E-state index is 12.6. The van der Waals surface area contributed by atoms with Crippen LogP contribution in [0.1, 0.15) is 25.1 Å². The first-order chi connectivity index (χ1) is 13.2. The maximum Gasteiger partial charge on any atom is 0.312 e. The van der Waals surface area contributed by atoms with Crippen LogP contribution in [-0.2, 0) is 16.1 Å². The van der Waals surface area contributed by atoms with Gasteiger partial charge in [-0.05, 0) is 36.7 Å². The summed E-state index contributed by atoms with van der Waals surface area (Å²) in [5.74, 6) is 1.39. The number of carbonyl (C=O) groups is 2. The standard InChI is InChI=1S/C21H22N4O2/c26-20-21(27)25(18-9-15-8-16(15)10-18)7-6-24(20)13-19-22-11-17(12-23-19)14-4-2-1-3-5-14/h1-5,11-12,15-16,18H,6-10,13H2. The molecule has 1 saturated heterocycles. The number of rotatable bonds is 4. The SMILES string of the molecule is O=C1C(=O)N(C2CC3CC3C2)CCN1Cc1ncc(-c2ccccc2)cn1. The Bertz CT molecular complexity index is 858. The Morgan fingerprint density at radius 1 is 0.852 bits per heavy atom. The molecule has 1 aromatic carbocycles. The molecule has 6 nitrogen and oxygen atoms in total. The minimum Gasteiger partial charge on any atom is -0.330 e. The van der Waals surface area contributed by atoms with Gasteiger partial charge >= 0.3 is 11.8 Å². The predicted molar refractivity (Wildman–Crippen MR) is 99.2 cm³/mol. The summed E-state index contributed by atoms with van der Waals surface area (Å²) in [7, 11) is 0. The number of aromatic nitrogens is 2. The smallest absolute Gasteiger partial charge is 0.312 e. The Morgan fingerprint density at radius 2 is 1.56 bits per heavy atom. The molecule has 1 aliphatic heterocycles. The van der Waals surface area contributed by atoms with E-state index in [0.717, 1.165) is 35.8 Å². The Hall–Kier alpha value is -2.76. The van der Waals surface area contributed by atoms with E-state index in [9.17, 15) is 9.59 Å². The molecule has 138 valence electrons. The van der Waals surface area contributed by atoms with E-state index in [-0.39, 0.29) is 18.5 Å². The Balaban J connectivity index is 1.23.